The second-order valence-corrected chi connectivity index (χ2v) is 4.22. The molecule has 0 atom stereocenters. The summed E-state index contributed by atoms with van der Waals surface area (Å²) in [6.45, 7) is 3.29. The van der Waals surface area contributed by atoms with Crippen LogP contribution in [0.2, 0.25) is 0 Å². The van der Waals surface area contributed by atoms with E-state index in [-0.39, 0.29) is 11.1 Å². The van der Waals surface area contributed by atoms with E-state index < -0.39 is 17.5 Å². The number of halogens is 3. The molecule has 4 heteroatoms. The van der Waals surface area contributed by atoms with Gasteiger partial charge in [-0.1, -0.05) is 13.0 Å². The van der Waals surface area contributed by atoms with Gasteiger partial charge in [-0.3, -0.25) is 0 Å². The highest BCUT2D eigenvalue weighted by molar-refractivity contribution is 5.65. The average molecular weight is 265 g/mol. The predicted octanol–water partition coefficient (Wildman–Crippen LogP) is 3.88. The summed E-state index contributed by atoms with van der Waals surface area (Å²) in [5.74, 6) is -1.79. The Hall–Kier alpha value is -1.81. The van der Waals surface area contributed by atoms with Crippen LogP contribution in [0.5, 0.6) is 0 Å². The summed E-state index contributed by atoms with van der Waals surface area (Å²) in [5.41, 5.74) is 0.838. The molecular formula is C15H14F3N. The van der Waals surface area contributed by atoms with E-state index in [1.807, 2.05) is 6.92 Å². The lowest BCUT2D eigenvalue weighted by molar-refractivity contribution is 0.597. The van der Waals surface area contributed by atoms with Gasteiger partial charge in [-0.05, 0) is 42.4 Å². The molecule has 0 aliphatic carbocycles. The van der Waals surface area contributed by atoms with Crippen molar-refractivity contribution in [2.24, 2.45) is 0 Å². The minimum atomic E-state index is -0.638. The zero-order chi connectivity index (χ0) is 13.8. The Morgan fingerprint density at radius 2 is 1.53 bits per heavy atom. The normalized spacial score (nSPS) is 10.7. The van der Waals surface area contributed by atoms with E-state index in [1.165, 1.54) is 12.1 Å². The molecule has 0 amide bonds. The van der Waals surface area contributed by atoms with Crippen LogP contribution in [0.3, 0.4) is 0 Å². The van der Waals surface area contributed by atoms with Crippen molar-refractivity contribution in [3.63, 3.8) is 0 Å². The topological polar surface area (TPSA) is 12.0 Å². The van der Waals surface area contributed by atoms with Crippen LogP contribution in [0.1, 0.15) is 12.5 Å². The van der Waals surface area contributed by atoms with Crippen LogP contribution >= 0.6 is 0 Å². The van der Waals surface area contributed by atoms with Gasteiger partial charge in [0.25, 0.3) is 0 Å². The van der Waals surface area contributed by atoms with E-state index in [4.69, 9.17) is 0 Å². The van der Waals surface area contributed by atoms with Gasteiger partial charge in [0.2, 0.25) is 0 Å². The Morgan fingerprint density at radius 3 is 2.21 bits per heavy atom. The standard InChI is InChI=1S/C15H14F3N/c1-2-19-9-10-3-5-14(17)12(7-10)13-8-11(16)4-6-15(13)18/h3-8,19H,2,9H2,1H3. The fourth-order valence-electron chi connectivity index (χ4n) is 1.86. The molecular weight excluding hydrogens is 251 g/mol. The molecule has 0 saturated carbocycles. The molecule has 0 bridgehead atoms. The van der Waals surface area contributed by atoms with E-state index in [1.54, 1.807) is 6.07 Å². The van der Waals surface area contributed by atoms with E-state index in [2.05, 4.69) is 5.32 Å². The predicted molar refractivity (Wildman–Crippen MR) is 69.1 cm³/mol. The third-order valence-electron chi connectivity index (χ3n) is 2.83. The lowest BCUT2D eigenvalue weighted by Crippen LogP contribution is -2.11. The first-order chi connectivity index (χ1) is 9.11. The average Bonchev–Trinajstić information content (AvgIpc) is 2.41. The summed E-state index contributed by atoms with van der Waals surface area (Å²) in [6, 6.07) is 7.45. The molecule has 2 rings (SSSR count). The van der Waals surface area contributed by atoms with Crippen molar-refractivity contribution in [3.05, 3.63) is 59.4 Å². The molecule has 0 aliphatic rings. The molecule has 0 unspecified atom stereocenters. The molecule has 1 N–H and O–H groups in total. The minimum Gasteiger partial charge on any atom is -0.313 e. The van der Waals surface area contributed by atoms with Gasteiger partial charge in [-0.25, -0.2) is 13.2 Å². The third-order valence-corrected chi connectivity index (χ3v) is 2.83. The summed E-state index contributed by atoms with van der Waals surface area (Å²) in [7, 11) is 0. The zero-order valence-electron chi connectivity index (χ0n) is 10.5. The van der Waals surface area contributed by atoms with E-state index >= 15 is 0 Å². The van der Waals surface area contributed by atoms with Crippen molar-refractivity contribution < 1.29 is 13.2 Å². The van der Waals surface area contributed by atoms with Crippen LogP contribution < -0.4 is 5.32 Å². The second-order valence-electron chi connectivity index (χ2n) is 4.22. The van der Waals surface area contributed by atoms with E-state index in [9.17, 15) is 13.2 Å². The molecule has 19 heavy (non-hydrogen) atoms. The lowest BCUT2D eigenvalue weighted by Gasteiger charge is -2.09. The van der Waals surface area contributed by atoms with Crippen LogP contribution in [0.15, 0.2) is 36.4 Å². The number of nitrogens with one attached hydrogen (secondary N) is 1. The van der Waals surface area contributed by atoms with Crippen molar-refractivity contribution in [3.8, 4) is 11.1 Å². The molecule has 0 radical (unpaired) electrons. The first-order valence-corrected chi connectivity index (χ1v) is 6.06. The molecule has 0 spiro atoms. The SMILES string of the molecule is CCNCc1ccc(F)c(-c2cc(F)ccc2F)c1. The Kier molecular flexibility index (Phi) is 4.22. The van der Waals surface area contributed by atoms with Crippen LogP contribution in [0.4, 0.5) is 13.2 Å². The van der Waals surface area contributed by atoms with E-state index in [0.717, 1.165) is 30.3 Å². The van der Waals surface area contributed by atoms with Gasteiger partial charge in [-0.15, -0.1) is 0 Å². The smallest absolute Gasteiger partial charge is 0.131 e. The Morgan fingerprint density at radius 1 is 0.895 bits per heavy atom. The van der Waals surface area contributed by atoms with Crippen molar-refractivity contribution in [1.29, 1.82) is 0 Å². The van der Waals surface area contributed by atoms with Gasteiger partial charge in [0, 0.05) is 17.7 Å². The largest absolute Gasteiger partial charge is 0.313 e. The monoisotopic (exact) mass is 265 g/mol. The quantitative estimate of drug-likeness (QED) is 0.884. The van der Waals surface area contributed by atoms with Crippen molar-refractivity contribution in [1.82, 2.24) is 5.32 Å². The van der Waals surface area contributed by atoms with Crippen LogP contribution in [0.25, 0.3) is 11.1 Å². The van der Waals surface area contributed by atoms with Gasteiger partial charge in [-0.2, -0.15) is 0 Å². The Balaban J connectivity index is 2.45. The van der Waals surface area contributed by atoms with Crippen molar-refractivity contribution >= 4 is 0 Å². The lowest BCUT2D eigenvalue weighted by atomic mass is 10.0. The van der Waals surface area contributed by atoms with Crippen LogP contribution in [0, 0.1) is 17.5 Å². The Bertz CT molecular complexity index is 582. The second kappa shape index (κ2) is 5.89. The summed E-state index contributed by atoms with van der Waals surface area (Å²) in [5, 5.41) is 3.10. The summed E-state index contributed by atoms with van der Waals surface area (Å²) in [6.07, 6.45) is 0. The van der Waals surface area contributed by atoms with E-state index in [0.29, 0.717) is 6.54 Å². The number of hydrogen-bond acceptors (Lipinski definition) is 1. The first kappa shape index (κ1) is 13.6. The van der Waals surface area contributed by atoms with Crippen molar-refractivity contribution in [2.75, 3.05) is 6.54 Å². The fraction of sp³-hybridized carbons (Fsp3) is 0.200. The van der Waals surface area contributed by atoms with Gasteiger partial charge in [0.15, 0.2) is 0 Å². The molecule has 1 nitrogen and oxygen atoms in total. The molecule has 100 valence electrons. The highest BCUT2D eigenvalue weighted by Gasteiger charge is 2.12. The molecule has 0 saturated heterocycles. The first-order valence-electron chi connectivity index (χ1n) is 6.06. The highest BCUT2D eigenvalue weighted by Crippen LogP contribution is 2.27. The highest BCUT2D eigenvalue weighted by atomic mass is 19.1. The van der Waals surface area contributed by atoms with Gasteiger partial charge >= 0.3 is 0 Å². The van der Waals surface area contributed by atoms with Gasteiger partial charge in [0.1, 0.15) is 17.5 Å². The fourth-order valence-corrected chi connectivity index (χ4v) is 1.86. The molecule has 2 aromatic rings. The van der Waals surface area contributed by atoms with Crippen LogP contribution in [-0.2, 0) is 6.54 Å². The number of benzene rings is 2. The molecule has 0 aliphatic heterocycles. The van der Waals surface area contributed by atoms with Crippen LogP contribution in [-0.4, -0.2) is 6.54 Å². The maximum atomic E-state index is 13.8. The van der Waals surface area contributed by atoms with Gasteiger partial charge < -0.3 is 5.32 Å². The zero-order valence-corrected chi connectivity index (χ0v) is 10.5. The number of hydrogen-bond donors (Lipinski definition) is 1. The Labute approximate surface area is 110 Å². The molecule has 0 fully saturated rings. The summed E-state index contributed by atoms with van der Waals surface area (Å²) in [4.78, 5) is 0. The summed E-state index contributed by atoms with van der Waals surface area (Å²) < 4.78 is 40.6. The third kappa shape index (κ3) is 3.15. The maximum Gasteiger partial charge on any atom is 0.131 e. The van der Waals surface area contributed by atoms with Gasteiger partial charge in [0.05, 0.1) is 0 Å². The molecule has 2 aromatic carbocycles. The molecule has 0 heterocycles. The van der Waals surface area contributed by atoms with Crippen molar-refractivity contribution in [2.45, 2.75) is 13.5 Å². The summed E-state index contributed by atoms with van der Waals surface area (Å²) >= 11 is 0. The maximum absolute atomic E-state index is 13.8. The molecule has 0 aromatic heterocycles. The minimum absolute atomic E-state index is 0.0594. The number of rotatable bonds is 4.